The maximum atomic E-state index is 12.7. The number of hydrogen-bond donors (Lipinski definition) is 0. The molecule has 0 saturated heterocycles. The average Bonchev–Trinajstić information content (AvgIpc) is 2.55. The minimum absolute atomic E-state index is 0.0536. The SMILES string of the molecule is CC(C)Oc1ccc2ccc(Oc3ccc(C(F)(F)F)cc3Cl)cc2c1. The van der Waals surface area contributed by atoms with Crippen LogP contribution in [0.4, 0.5) is 13.2 Å². The first kappa shape index (κ1) is 18.4. The van der Waals surface area contributed by atoms with Crippen LogP contribution in [0.2, 0.25) is 5.02 Å². The fraction of sp³-hybridized carbons (Fsp3) is 0.200. The van der Waals surface area contributed by atoms with Crippen molar-refractivity contribution in [2.24, 2.45) is 0 Å². The zero-order valence-corrected chi connectivity index (χ0v) is 14.9. The van der Waals surface area contributed by atoms with Gasteiger partial charge in [-0.25, -0.2) is 0 Å². The molecule has 0 fully saturated rings. The van der Waals surface area contributed by atoms with Gasteiger partial charge in [0.05, 0.1) is 16.7 Å². The highest BCUT2D eigenvalue weighted by atomic mass is 35.5. The summed E-state index contributed by atoms with van der Waals surface area (Å²) in [7, 11) is 0. The van der Waals surface area contributed by atoms with Gasteiger partial charge >= 0.3 is 6.18 Å². The Hall–Kier alpha value is -2.40. The van der Waals surface area contributed by atoms with E-state index < -0.39 is 11.7 Å². The Kier molecular flexibility index (Phi) is 5.01. The zero-order chi connectivity index (χ0) is 18.9. The first-order valence-electron chi connectivity index (χ1n) is 7.97. The van der Waals surface area contributed by atoms with Gasteiger partial charge < -0.3 is 9.47 Å². The molecule has 0 radical (unpaired) electrons. The molecule has 0 bridgehead atoms. The topological polar surface area (TPSA) is 18.5 Å². The van der Waals surface area contributed by atoms with Crippen LogP contribution in [0.25, 0.3) is 10.8 Å². The Morgan fingerprint density at radius 2 is 1.50 bits per heavy atom. The molecule has 0 unspecified atom stereocenters. The molecule has 0 aliphatic carbocycles. The fourth-order valence-corrected chi connectivity index (χ4v) is 2.72. The predicted molar refractivity (Wildman–Crippen MR) is 96.2 cm³/mol. The molecule has 0 aliphatic heterocycles. The van der Waals surface area contributed by atoms with Crippen LogP contribution in [0.3, 0.4) is 0 Å². The van der Waals surface area contributed by atoms with Crippen molar-refractivity contribution in [2.75, 3.05) is 0 Å². The van der Waals surface area contributed by atoms with Gasteiger partial charge in [-0.05, 0) is 67.1 Å². The Balaban J connectivity index is 1.89. The van der Waals surface area contributed by atoms with E-state index in [2.05, 4.69) is 0 Å². The van der Waals surface area contributed by atoms with Crippen molar-refractivity contribution in [3.63, 3.8) is 0 Å². The van der Waals surface area contributed by atoms with Crippen LogP contribution in [0.15, 0.2) is 54.6 Å². The van der Waals surface area contributed by atoms with Crippen molar-refractivity contribution >= 4 is 22.4 Å². The molecule has 0 aliphatic rings. The van der Waals surface area contributed by atoms with Crippen molar-refractivity contribution < 1.29 is 22.6 Å². The van der Waals surface area contributed by atoms with Crippen LogP contribution < -0.4 is 9.47 Å². The van der Waals surface area contributed by atoms with Crippen molar-refractivity contribution in [1.29, 1.82) is 0 Å². The van der Waals surface area contributed by atoms with E-state index in [1.54, 1.807) is 12.1 Å². The molecule has 0 aromatic heterocycles. The Morgan fingerprint density at radius 1 is 0.846 bits per heavy atom. The van der Waals surface area contributed by atoms with E-state index in [1.165, 1.54) is 6.07 Å². The van der Waals surface area contributed by atoms with E-state index in [0.29, 0.717) is 5.75 Å². The van der Waals surface area contributed by atoms with Gasteiger partial charge in [-0.2, -0.15) is 13.2 Å². The van der Waals surface area contributed by atoms with Crippen LogP contribution >= 0.6 is 11.6 Å². The Bertz CT molecular complexity index is 936. The summed E-state index contributed by atoms with van der Waals surface area (Å²) in [6, 6.07) is 14.1. The van der Waals surface area contributed by atoms with E-state index in [-0.39, 0.29) is 16.9 Å². The van der Waals surface area contributed by atoms with Gasteiger partial charge in [0.25, 0.3) is 0 Å². The second-order valence-corrected chi connectivity index (χ2v) is 6.49. The first-order chi connectivity index (χ1) is 12.2. The molecular formula is C20H16ClF3O2. The van der Waals surface area contributed by atoms with Gasteiger partial charge in [-0.3, -0.25) is 0 Å². The second kappa shape index (κ2) is 7.08. The second-order valence-electron chi connectivity index (χ2n) is 6.08. The molecule has 0 saturated carbocycles. The standard InChI is InChI=1S/C20H16ClF3O2/c1-12(2)25-16-6-3-13-4-7-17(10-14(13)9-16)26-19-8-5-15(11-18(19)21)20(22,23)24/h3-12H,1-2H3. The molecule has 0 amide bonds. The minimum Gasteiger partial charge on any atom is -0.491 e. The highest BCUT2D eigenvalue weighted by Crippen LogP contribution is 2.37. The number of alkyl halides is 3. The molecule has 0 N–H and O–H groups in total. The minimum atomic E-state index is -4.45. The molecule has 0 spiro atoms. The van der Waals surface area contributed by atoms with Crippen molar-refractivity contribution in [3.05, 3.63) is 65.2 Å². The van der Waals surface area contributed by atoms with Crippen LogP contribution in [-0.4, -0.2) is 6.10 Å². The smallest absolute Gasteiger partial charge is 0.416 e. The molecule has 3 rings (SSSR count). The lowest BCUT2D eigenvalue weighted by Gasteiger charge is -2.13. The van der Waals surface area contributed by atoms with Gasteiger partial charge in [0.1, 0.15) is 17.2 Å². The fourth-order valence-electron chi connectivity index (χ4n) is 2.50. The Morgan fingerprint density at radius 3 is 2.12 bits per heavy atom. The molecule has 3 aromatic rings. The maximum Gasteiger partial charge on any atom is 0.416 e. The lowest BCUT2D eigenvalue weighted by atomic mass is 10.1. The third-order valence-corrected chi connectivity index (χ3v) is 3.94. The van der Waals surface area contributed by atoms with Crippen molar-refractivity contribution in [3.8, 4) is 17.2 Å². The third kappa shape index (κ3) is 4.22. The van der Waals surface area contributed by atoms with Crippen LogP contribution in [-0.2, 0) is 6.18 Å². The van der Waals surface area contributed by atoms with Crippen molar-refractivity contribution in [1.82, 2.24) is 0 Å². The molecule has 3 aromatic carbocycles. The van der Waals surface area contributed by atoms with Gasteiger partial charge in [0.2, 0.25) is 0 Å². The van der Waals surface area contributed by atoms with E-state index in [4.69, 9.17) is 21.1 Å². The number of ether oxygens (including phenoxy) is 2. The van der Waals surface area contributed by atoms with Crippen molar-refractivity contribution in [2.45, 2.75) is 26.1 Å². The normalized spacial score (nSPS) is 11.8. The predicted octanol–water partition coefficient (Wildman–Crippen LogP) is 7.09. The molecule has 0 heterocycles. The molecule has 2 nitrogen and oxygen atoms in total. The Labute approximate surface area is 154 Å². The molecular weight excluding hydrogens is 365 g/mol. The van der Waals surface area contributed by atoms with Gasteiger partial charge in [-0.1, -0.05) is 23.7 Å². The van der Waals surface area contributed by atoms with Gasteiger partial charge in [0.15, 0.2) is 0 Å². The van der Waals surface area contributed by atoms with Crippen LogP contribution in [0, 0.1) is 0 Å². The monoisotopic (exact) mass is 380 g/mol. The number of hydrogen-bond acceptors (Lipinski definition) is 2. The van der Waals surface area contributed by atoms with Crippen LogP contribution in [0.1, 0.15) is 19.4 Å². The molecule has 26 heavy (non-hydrogen) atoms. The largest absolute Gasteiger partial charge is 0.491 e. The van der Waals surface area contributed by atoms with Gasteiger partial charge in [-0.15, -0.1) is 0 Å². The first-order valence-corrected chi connectivity index (χ1v) is 8.35. The van der Waals surface area contributed by atoms with E-state index in [0.717, 1.165) is 28.7 Å². The van der Waals surface area contributed by atoms with E-state index in [9.17, 15) is 13.2 Å². The lowest BCUT2D eigenvalue weighted by molar-refractivity contribution is -0.137. The summed E-state index contributed by atoms with van der Waals surface area (Å²) in [4.78, 5) is 0. The van der Waals surface area contributed by atoms with E-state index in [1.807, 2.05) is 38.1 Å². The number of rotatable bonds is 4. The summed E-state index contributed by atoms with van der Waals surface area (Å²) in [5.41, 5.74) is -0.816. The molecule has 136 valence electrons. The van der Waals surface area contributed by atoms with Crippen LogP contribution in [0.5, 0.6) is 17.2 Å². The summed E-state index contributed by atoms with van der Waals surface area (Å²) in [5.74, 6) is 1.37. The maximum absolute atomic E-state index is 12.7. The summed E-state index contributed by atoms with van der Waals surface area (Å²) >= 11 is 5.94. The number of fused-ring (bicyclic) bond motifs is 1. The number of halogens is 4. The summed E-state index contributed by atoms with van der Waals surface area (Å²) in [6.07, 6.45) is -4.39. The average molecular weight is 381 g/mol. The van der Waals surface area contributed by atoms with E-state index >= 15 is 0 Å². The highest BCUT2D eigenvalue weighted by molar-refractivity contribution is 6.32. The number of benzene rings is 3. The quantitative estimate of drug-likeness (QED) is 0.481. The highest BCUT2D eigenvalue weighted by Gasteiger charge is 2.31. The molecule has 0 atom stereocenters. The third-order valence-electron chi connectivity index (χ3n) is 3.64. The molecule has 6 heteroatoms. The summed E-state index contributed by atoms with van der Waals surface area (Å²) in [5, 5.41) is 1.78. The summed E-state index contributed by atoms with van der Waals surface area (Å²) < 4.78 is 49.5. The zero-order valence-electron chi connectivity index (χ0n) is 14.1. The summed E-state index contributed by atoms with van der Waals surface area (Å²) in [6.45, 7) is 3.88. The van der Waals surface area contributed by atoms with Gasteiger partial charge in [0, 0.05) is 0 Å². The lowest BCUT2D eigenvalue weighted by Crippen LogP contribution is -2.05.